The first kappa shape index (κ1) is 23.6. The Bertz CT molecular complexity index is 1220. The first-order valence-corrected chi connectivity index (χ1v) is 11.6. The molecule has 1 aliphatic carbocycles. The van der Waals surface area contributed by atoms with Crippen molar-refractivity contribution < 1.29 is 26.9 Å². The van der Waals surface area contributed by atoms with Crippen LogP contribution in [-0.4, -0.2) is 64.0 Å². The van der Waals surface area contributed by atoms with Gasteiger partial charge in [0.25, 0.3) is 0 Å². The second kappa shape index (κ2) is 9.14. The van der Waals surface area contributed by atoms with Crippen LogP contribution < -0.4 is 10.6 Å². The van der Waals surface area contributed by atoms with Crippen molar-refractivity contribution >= 4 is 22.5 Å². The van der Waals surface area contributed by atoms with E-state index in [2.05, 4.69) is 20.8 Å². The van der Waals surface area contributed by atoms with Crippen molar-refractivity contribution in [2.45, 2.75) is 50.7 Å². The molecular weight excluding hydrogens is 468 g/mol. The van der Waals surface area contributed by atoms with E-state index in [-0.39, 0.29) is 42.3 Å². The standard InChI is InChI=1S/C23H26F4N6O2/c1-32-8-7-17(15(24)11-32)29-16-3-2-4-18-14(16)9-19(33(18)12-23(25,26)27)21-30-20(35-31-21)10-28-22(34)13-5-6-13/h2-4,9,13,15,17,29H,5-8,10-12H2,1H3,(H,28,34)/t15-,17+/m0/s1. The number of nitrogens with one attached hydrogen (secondary N) is 2. The number of alkyl halides is 4. The van der Waals surface area contributed by atoms with Gasteiger partial charge in [-0.2, -0.15) is 18.2 Å². The van der Waals surface area contributed by atoms with Gasteiger partial charge in [0, 0.05) is 30.1 Å². The molecule has 3 aromatic rings. The monoisotopic (exact) mass is 494 g/mol. The van der Waals surface area contributed by atoms with Gasteiger partial charge in [-0.25, -0.2) is 4.39 Å². The highest BCUT2D eigenvalue weighted by atomic mass is 19.4. The van der Waals surface area contributed by atoms with Crippen LogP contribution in [0.25, 0.3) is 22.4 Å². The summed E-state index contributed by atoms with van der Waals surface area (Å²) in [4.78, 5) is 18.0. The smallest absolute Gasteiger partial charge is 0.379 e. The second-order valence-electron chi connectivity index (χ2n) is 9.29. The van der Waals surface area contributed by atoms with Crippen molar-refractivity contribution in [2.24, 2.45) is 5.92 Å². The Morgan fingerprint density at radius 1 is 1.26 bits per heavy atom. The Morgan fingerprint density at radius 2 is 2.06 bits per heavy atom. The number of benzene rings is 1. The molecule has 1 saturated heterocycles. The van der Waals surface area contributed by atoms with E-state index in [0.29, 0.717) is 23.0 Å². The summed E-state index contributed by atoms with van der Waals surface area (Å²) in [6.45, 7) is -0.242. The highest BCUT2D eigenvalue weighted by Gasteiger charge is 2.33. The average molecular weight is 494 g/mol. The summed E-state index contributed by atoms with van der Waals surface area (Å²) in [5, 5.41) is 10.3. The number of halogens is 4. The van der Waals surface area contributed by atoms with Gasteiger partial charge in [-0.15, -0.1) is 0 Å². The number of hydrogen-bond acceptors (Lipinski definition) is 6. The van der Waals surface area contributed by atoms with E-state index in [1.165, 1.54) is 0 Å². The van der Waals surface area contributed by atoms with E-state index in [0.717, 1.165) is 24.0 Å². The van der Waals surface area contributed by atoms with Crippen molar-refractivity contribution in [2.75, 3.05) is 25.5 Å². The largest absolute Gasteiger partial charge is 0.406 e. The molecular formula is C23H26F4N6O2. The number of likely N-dealkylation sites (tertiary alicyclic amines) is 1. The molecule has 1 aliphatic heterocycles. The summed E-state index contributed by atoms with van der Waals surface area (Å²) >= 11 is 0. The number of aromatic nitrogens is 3. The molecule has 2 N–H and O–H groups in total. The summed E-state index contributed by atoms with van der Waals surface area (Å²) in [5.74, 6) is -0.0182. The van der Waals surface area contributed by atoms with Crippen LogP contribution in [-0.2, 0) is 17.9 Å². The molecule has 0 radical (unpaired) electrons. The zero-order chi connectivity index (χ0) is 24.7. The Balaban J connectivity index is 1.46. The van der Waals surface area contributed by atoms with Gasteiger partial charge in [-0.3, -0.25) is 4.79 Å². The highest BCUT2D eigenvalue weighted by molar-refractivity contribution is 5.96. The average Bonchev–Trinajstić information content (AvgIpc) is 3.44. The predicted octanol–water partition coefficient (Wildman–Crippen LogP) is 3.73. The summed E-state index contributed by atoms with van der Waals surface area (Å²) in [6, 6.07) is 6.05. The van der Waals surface area contributed by atoms with E-state index in [1.807, 2.05) is 11.9 Å². The van der Waals surface area contributed by atoms with Crippen LogP contribution in [0.5, 0.6) is 0 Å². The normalized spacial score (nSPS) is 21.4. The topological polar surface area (TPSA) is 88.2 Å². The van der Waals surface area contributed by atoms with Gasteiger partial charge in [0.1, 0.15) is 12.7 Å². The third kappa shape index (κ3) is 5.26. The molecule has 1 amide bonds. The van der Waals surface area contributed by atoms with Crippen LogP contribution >= 0.6 is 0 Å². The Morgan fingerprint density at radius 3 is 2.77 bits per heavy atom. The predicted molar refractivity (Wildman–Crippen MR) is 120 cm³/mol. The Labute approximate surface area is 198 Å². The molecule has 2 aromatic heterocycles. The van der Waals surface area contributed by atoms with E-state index in [1.54, 1.807) is 24.3 Å². The molecule has 1 aromatic carbocycles. The fourth-order valence-electron chi connectivity index (χ4n) is 4.45. The molecule has 2 atom stereocenters. The molecule has 35 heavy (non-hydrogen) atoms. The van der Waals surface area contributed by atoms with Gasteiger partial charge >= 0.3 is 6.18 Å². The van der Waals surface area contributed by atoms with Gasteiger partial charge in [-0.05, 0) is 44.5 Å². The number of carbonyl (C=O) groups is 1. The van der Waals surface area contributed by atoms with E-state index >= 15 is 0 Å². The summed E-state index contributed by atoms with van der Waals surface area (Å²) in [7, 11) is 1.85. The quantitative estimate of drug-likeness (QED) is 0.487. The maximum atomic E-state index is 14.6. The number of anilines is 1. The van der Waals surface area contributed by atoms with Gasteiger partial charge in [0.2, 0.25) is 17.6 Å². The first-order valence-electron chi connectivity index (χ1n) is 11.6. The molecule has 1 saturated carbocycles. The molecule has 2 aliphatic rings. The highest BCUT2D eigenvalue weighted by Crippen LogP contribution is 2.35. The van der Waals surface area contributed by atoms with Crippen LogP contribution in [0.4, 0.5) is 23.2 Å². The number of nitrogens with zero attached hydrogens (tertiary/aromatic N) is 4. The van der Waals surface area contributed by atoms with Crippen molar-refractivity contribution in [3.63, 3.8) is 0 Å². The minimum atomic E-state index is -4.49. The molecule has 5 rings (SSSR count). The van der Waals surface area contributed by atoms with Gasteiger partial charge in [0.05, 0.1) is 23.8 Å². The molecule has 0 unspecified atom stereocenters. The number of hydrogen-bond donors (Lipinski definition) is 2. The lowest BCUT2D eigenvalue weighted by Gasteiger charge is -2.33. The zero-order valence-corrected chi connectivity index (χ0v) is 19.1. The summed E-state index contributed by atoms with van der Waals surface area (Å²) in [5.41, 5.74) is 0.983. The second-order valence-corrected chi connectivity index (χ2v) is 9.29. The van der Waals surface area contributed by atoms with Gasteiger partial charge in [0.15, 0.2) is 0 Å². The molecule has 2 fully saturated rings. The van der Waals surface area contributed by atoms with Gasteiger partial charge < -0.3 is 24.6 Å². The number of piperidine rings is 1. The van der Waals surface area contributed by atoms with Crippen molar-refractivity contribution in [1.82, 2.24) is 24.9 Å². The minimum Gasteiger partial charge on any atom is -0.379 e. The lowest BCUT2D eigenvalue weighted by atomic mass is 10.0. The van der Waals surface area contributed by atoms with Crippen molar-refractivity contribution in [3.8, 4) is 11.5 Å². The molecule has 8 nitrogen and oxygen atoms in total. The van der Waals surface area contributed by atoms with Crippen LogP contribution in [0, 0.1) is 5.92 Å². The fraction of sp³-hybridized carbons (Fsp3) is 0.522. The molecule has 0 bridgehead atoms. The van der Waals surface area contributed by atoms with Crippen molar-refractivity contribution in [3.05, 3.63) is 30.2 Å². The molecule has 3 heterocycles. The van der Waals surface area contributed by atoms with Crippen LogP contribution in [0.1, 0.15) is 25.2 Å². The van der Waals surface area contributed by atoms with Crippen LogP contribution in [0.2, 0.25) is 0 Å². The SMILES string of the molecule is CN1CC[C@@H](Nc2cccc3c2cc(-c2noc(CNC(=O)C4CC4)n2)n3CC(F)(F)F)[C@@H](F)C1. The number of carbonyl (C=O) groups excluding carboxylic acids is 1. The van der Waals surface area contributed by atoms with Crippen LogP contribution in [0.3, 0.4) is 0 Å². The zero-order valence-electron chi connectivity index (χ0n) is 19.1. The molecule has 188 valence electrons. The van der Waals surface area contributed by atoms with E-state index in [4.69, 9.17) is 4.52 Å². The molecule has 12 heteroatoms. The molecule has 0 spiro atoms. The number of rotatable bonds is 7. The van der Waals surface area contributed by atoms with Crippen molar-refractivity contribution in [1.29, 1.82) is 0 Å². The maximum absolute atomic E-state index is 14.6. The lowest BCUT2D eigenvalue weighted by molar-refractivity contribution is -0.139. The number of fused-ring (bicyclic) bond motifs is 1. The summed E-state index contributed by atoms with van der Waals surface area (Å²) < 4.78 is 61.4. The summed E-state index contributed by atoms with van der Waals surface area (Å²) in [6.07, 6.45) is -3.34. The Kier molecular flexibility index (Phi) is 6.16. The van der Waals surface area contributed by atoms with E-state index in [9.17, 15) is 22.4 Å². The Hall–Kier alpha value is -3.15. The third-order valence-electron chi connectivity index (χ3n) is 6.43. The lowest BCUT2D eigenvalue weighted by Crippen LogP contribution is -2.46. The maximum Gasteiger partial charge on any atom is 0.406 e. The van der Waals surface area contributed by atoms with E-state index < -0.39 is 24.9 Å². The first-order chi connectivity index (χ1) is 16.7. The third-order valence-corrected chi connectivity index (χ3v) is 6.43. The number of amides is 1. The fourth-order valence-corrected chi connectivity index (χ4v) is 4.45. The van der Waals surface area contributed by atoms with Gasteiger partial charge in [-0.1, -0.05) is 11.2 Å². The van der Waals surface area contributed by atoms with Crippen LogP contribution in [0.15, 0.2) is 28.8 Å². The minimum absolute atomic E-state index is 0.00263.